The number of carboxylic acid groups (broad SMARTS) is 1. The van der Waals surface area contributed by atoms with Crippen LogP contribution < -0.4 is 0 Å². The molecule has 1 N–H and O–H groups in total. The highest BCUT2D eigenvalue weighted by Gasteiger charge is 2.13. The van der Waals surface area contributed by atoms with Gasteiger partial charge in [-0.25, -0.2) is 13.2 Å². The molecule has 0 saturated heterocycles. The first-order valence-corrected chi connectivity index (χ1v) is 7.85. The van der Waals surface area contributed by atoms with Crippen LogP contribution in [0.4, 0.5) is 0 Å². The summed E-state index contributed by atoms with van der Waals surface area (Å²) < 4.78 is 24.1. The quantitative estimate of drug-likeness (QED) is 0.918. The molecule has 4 nitrogen and oxygen atoms in total. The Morgan fingerprint density at radius 2 is 1.35 bits per heavy atom. The minimum Gasteiger partial charge on any atom is -0.478 e. The number of hydrogen-bond donors (Lipinski definition) is 1. The summed E-state index contributed by atoms with van der Waals surface area (Å²) in [5, 5.41) is 8.78. The Labute approximate surface area is 117 Å². The first-order chi connectivity index (χ1) is 9.46. The lowest BCUT2D eigenvalue weighted by molar-refractivity contribution is 0.0697. The van der Waals surface area contributed by atoms with E-state index in [0.717, 1.165) is 5.56 Å². The van der Waals surface area contributed by atoms with Gasteiger partial charge in [0, 0.05) is 0 Å². The molecule has 0 heterocycles. The van der Waals surface area contributed by atoms with Crippen LogP contribution in [-0.2, 0) is 21.3 Å². The van der Waals surface area contributed by atoms with E-state index < -0.39 is 15.8 Å². The third-order valence-corrected chi connectivity index (χ3v) is 4.36. The summed E-state index contributed by atoms with van der Waals surface area (Å²) in [6.45, 7) is 0. The van der Waals surface area contributed by atoms with Crippen molar-refractivity contribution in [1.82, 2.24) is 0 Å². The van der Waals surface area contributed by atoms with Crippen LogP contribution in [0.1, 0.15) is 21.5 Å². The van der Waals surface area contributed by atoms with Crippen LogP contribution in [0.2, 0.25) is 0 Å². The fourth-order valence-corrected chi connectivity index (χ4v) is 3.38. The van der Waals surface area contributed by atoms with Crippen molar-refractivity contribution in [2.24, 2.45) is 0 Å². The Morgan fingerprint density at radius 1 is 0.850 bits per heavy atom. The average molecular weight is 290 g/mol. The Hall–Kier alpha value is -2.14. The van der Waals surface area contributed by atoms with Gasteiger partial charge in [-0.3, -0.25) is 0 Å². The maximum atomic E-state index is 12.1. The zero-order valence-electron chi connectivity index (χ0n) is 10.7. The number of rotatable bonds is 5. The van der Waals surface area contributed by atoms with Gasteiger partial charge >= 0.3 is 5.97 Å². The lowest BCUT2D eigenvalue weighted by Crippen LogP contribution is -2.08. The number of benzene rings is 2. The van der Waals surface area contributed by atoms with Crippen LogP contribution in [0.5, 0.6) is 0 Å². The molecule has 104 valence electrons. The Bertz CT molecular complexity index is 688. The smallest absolute Gasteiger partial charge is 0.335 e. The first-order valence-electron chi connectivity index (χ1n) is 6.03. The number of sulfone groups is 1. The highest BCUT2D eigenvalue weighted by atomic mass is 32.2. The van der Waals surface area contributed by atoms with E-state index in [2.05, 4.69) is 0 Å². The van der Waals surface area contributed by atoms with Crippen LogP contribution in [0, 0.1) is 0 Å². The molecule has 2 aromatic carbocycles. The van der Waals surface area contributed by atoms with Crippen LogP contribution in [0.25, 0.3) is 0 Å². The Kier molecular flexibility index (Phi) is 4.20. The molecule has 0 aromatic heterocycles. The number of aromatic carboxylic acids is 1. The summed E-state index contributed by atoms with van der Waals surface area (Å²) in [4.78, 5) is 10.7. The summed E-state index contributed by atoms with van der Waals surface area (Å²) in [5.74, 6) is -1.14. The average Bonchev–Trinajstić information content (AvgIpc) is 2.39. The van der Waals surface area contributed by atoms with Gasteiger partial charge in [0.05, 0.1) is 17.1 Å². The summed E-state index contributed by atoms with van der Waals surface area (Å²) in [6, 6.07) is 14.9. The molecule has 0 saturated carbocycles. The summed E-state index contributed by atoms with van der Waals surface area (Å²) in [5.41, 5.74) is 1.48. The molecule has 0 spiro atoms. The molecule has 0 aliphatic carbocycles. The number of carbonyl (C=O) groups is 1. The van der Waals surface area contributed by atoms with Crippen LogP contribution in [0.3, 0.4) is 0 Å². The van der Waals surface area contributed by atoms with Gasteiger partial charge in [-0.1, -0.05) is 42.5 Å². The van der Waals surface area contributed by atoms with E-state index in [0.29, 0.717) is 5.56 Å². The fourth-order valence-electron chi connectivity index (χ4n) is 1.88. The van der Waals surface area contributed by atoms with E-state index in [1.165, 1.54) is 24.3 Å². The first kappa shape index (κ1) is 14.3. The number of hydrogen-bond acceptors (Lipinski definition) is 3. The molecule has 0 radical (unpaired) electrons. The Morgan fingerprint density at radius 3 is 1.85 bits per heavy atom. The molecule has 0 aliphatic rings. The van der Waals surface area contributed by atoms with Crippen molar-refractivity contribution in [2.45, 2.75) is 11.5 Å². The van der Waals surface area contributed by atoms with Crippen molar-refractivity contribution < 1.29 is 18.3 Å². The summed E-state index contributed by atoms with van der Waals surface area (Å²) >= 11 is 0. The van der Waals surface area contributed by atoms with Crippen LogP contribution >= 0.6 is 0 Å². The van der Waals surface area contributed by atoms with Crippen molar-refractivity contribution in [3.8, 4) is 0 Å². The van der Waals surface area contributed by atoms with Crippen molar-refractivity contribution in [1.29, 1.82) is 0 Å². The van der Waals surface area contributed by atoms with Crippen molar-refractivity contribution in [2.75, 3.05) is 0 Å². The van der Waals surface area contributed by atoms with Crippen molar-refractivity contribution in [3.63, 3.8) is 0 Å². The third-order valence-electron chi connectivity index (χ3n) is 2.82. The van der Waals surface area contributed by atoms with Gasteiger partial charge in [0.1, 0.15) is 0 Å². The normalized spacial score (nSPS) is 11.2. The van der Waals surface area contributed by atoms with Gasteiger partial charge < -0.3 is 5.11 Å². The molecule has 2 rings (SSSR count). The highest BCUT2D eigenvalue weighted by molar-refractivity contribution is 7.89. The largest absolute Gasteiger partial charge is 0.478 e. The molecular weight excluding hydrogens is 276 g/mol. The minimum absolute atomic E-state index is 0.0193. The predicted octanol–water partition coefficient (Wildman–Crippen LogP) is 2.50. The molecule has 20 heavy (non-hydrogen) atoms. The second-order valence-electron chi connectivity index (χ2n) is 4.52. The van der Waals surface area contributed by atoms with E-state index in [1.807, 2.05) is 6.07 Å². The number of carboxylic acids is 1. The SMILES string of the molecule is O=C(O)c1ccc(CS(=O)(=O)Cc2ccccc2)cc1. The van der Waals surface area contributed by atoms with E-state index >= 15 is 0 Å². The molecule has 0 fully saturated rings. The summed E-state index contributed by atoms with van der Waals surface area (Å²) in [7, 11) is -3.27. The molecule has 0 aliphatic heterocycles. The van der Waals surface area contributed by atoms with E-state index in [9.17, 15) is 13.2 Å². The van der Waals surface area contributed by atoms with Gasteiger partial charge in [-0.05, 0) is 23.3 Å². The molecule has 0 amide bonds. The van der Waals surface area contributed by atoms with Crippen molar-refractivity contribution >= 4 is 15.8 Å². The molecule has 2 aromatic rings. The van der Waals surface area contributed by atoms with Crippen LogP contribution in [-0.4, -0.2) is 19.5 Å². The zero-order valence-corrected chi connectivity index (χ0v) is 11.5. The molecule has 0 bridgehead atoms. The lowest BCUT2D eigenvalue weighted by atomic mass is 10.1. The van der Waals surface area contributed by atoms with Crippen molar-refractivity contribution in [3.05, 3.63) is 71.3 Å². The molecule has 0 atom stereocenters. The minimum atomic E-state index is -3.27. The second-order valence-corrected chi connectivity index (χ2v) is 6.58. The third kappa shape index (κ3) is 3.93. The van der Waals surface area contributed by atoms with Gasteiger partial charge in [0.15, 0.2) is 9.84 Å². The molecule has 5 heteroatoms. The maximum Gasteiger partial charge on any atom is 0.335 e. The maximum absolute atomic E-state index is 12.1. The van der Waals surface area contributed by atoms with Gasteiger partial charge in [-0.15, -0.1) is 0 Å². The molecular formula is C15H14O4S. The van der Waals surface area contributed by atoms with Gasteiger partial charge in [0.25, 0.3) is 0 Å². The summed E-state index contributed by atoms with van der Waals surface area (Å²) in [6.07, 6.45) is 0. The van der Waals surface area contributed by atoms with E-state index in [1.54, 1.807) is 24.3 Å². The van der Waals surface area contributed by atoms with Gasteiger partial charge in [-0.2, -0.15) is 0 Å². The lowest BCUT2D eigenvalue weighted by Gasteiger charge is -2.05. The monoisotopic (exact) mass is 290 g/mol. The molecule has 0 unspecified atom stereocenters. The standard InChI is InChI=1S/C15H14O4S/c16-15(17)14-8-6-13(7-9-14)11-20(18,19)10-12-4-2-1-3-5-12/h1-9H,10-11H2,(H,16,17). The Balaban J connectivity index is 2.10. The van der Waals surface area contributed by atoms with E-state index in [4.69, 9.17) is 5.11 Å². The fraction of sp³-hybridized carbons (Fsp3) is 0.133. The van der Waals surface area contributed by atoms with E-state index in [-0.39, 0.29) is 17.1 Å². The second kappa shape index (κ2) is 5.88. The topological polar surface area (TPSA) is 71.4 Å². The predicted molar refractivity (Wildman–Crippen MR) is 76.2 cm³/mol. The van der Waals surface area contributed by atoms with Gasteiger partial charge in [0.2, 0.25) is 0 Å². The highest BCUT2D eigenvalue weighted by Crippen LogP contribution is 2.13. The van der Waals surface area contributed by atoms with Crippen LogP contribution in [0.15, 0.2) is 54.6 Å². The zero-order chi connectivity index (χ0) is 14.6.